The molecule has 0 radical (unpaired) electrons. The van der Waals surface area contributed by atoms with Crippen molar-refractivity contribution in [1.29, 1.82) is 5.26 Å². The molecule has 0 amide bonds. The van der Waals surface area contributed by atoms with Crippen LogP contribution >= 0.6 is 0 Å². The van der Waals surface area contributed by atoms with Crippen LogP contribution in [-0.4, -0.2) is 12.7 Å². The molecule has 1 heterocycles. The van der Waals surface area contributed by atoms with Gasteiger partial charge in [-0.15, -0.1) is 0 Å². The van der Waals surface area contributed by atoms with Gasteiger partial charge in [-0.25, -0.2) is 0 Å². The van der Waals surface area contributed by atoms with E-state index in [1.165, 1.54) is 25.7 Å². The van der Waals surface area contributed by atoms with Crippen molar-refractivity contribution >= 4 is 0 Å². The number of nitriles is 1. The predicted molar refractivity (Wildman–Crippen MR) is 45.4 cm³/mol. The first-order valence-electron chi connectivity index (χ1n) is 4.93. The zero-order valence-electron chi connectivity index (χ0n) is 7.33. The molecule has 1 saturated carbocycles. The van der Waals surface area contributed by atoms with E-state index in [0.717, 1.165) is 13.0 Å². The Labute approximate surface area is 73.5 Å². The molecular formula is C10H15NO. The molecular weight excluding hydrogens is 150 g/mol. The third-order valence-electron chi connectivity index (χ3n) is 3.19. The Morgan fingerprint density at radius 3 is 2.33 bits per heavy atom. The predicted octanol–water partition coefficient (Wildman–Crippen LogP) is 2.11. The van der Waals surface area contributed by atoms with Crippen molar-refractivity contribution in [2.45, 2.75) is 38.2 Å². The fourth-order valence-corrected chi connectivity index (χ4v) is 2.35. The van der Waals surface area contributed by atoms with Gasteiger partial charge < -0.3 is 4.74 Å². The Morgan fingerprint density at radius 1 is 1.25 bits per heavy atom. The molecule has 1 aliphatic carbocycles. The number of hydrogen-bond donors (Lipinski definition) is 0. The summed E-state index contributed by atoms with van der Waals surface area (Å²) in [5, 5.41) is 8.99. The maximum atomic E-state index is 8.99. The van der Waals surface area contributed by atoms with E-state index in [2.05, 4.69) is 6.07 Å². The van der Waals surface area contributed by atoms with Gasteiger partial charge in [-0.2, -0.15) is 5.26 Å². The number of ether oxygens (including phenoxy) is 1. The molecule has 1 saturated heterocycles. The van der Waals surface area contributed by atoms with Crippen LogP contribution in [0.25, 0.3) is 0 Å². The second kappa shape index (κ2) is 3.45. The zero-order chi connectivity index (χ0) is 8.39. The van der Waals surface area contributed by atoms with E-state index in [0.29, 0.717) is 5.92 Å². The molecule has 12 heavy (non-hydrogen) atoms. The first-order chi connectivity index (χ1) is 5.92. The van der Waals surface area contributed by atoms with E-state index in [1.54, 1.807) is 0 Å². The fourth-order valence-electron chi connectivity index (χ4n) is 2.35. The smallest absolute Gasteiger partial charge is 0.0757 e. The third kappa shape index (κ3) is 1.34. The van der Waals surface area contributed by atoms with Crippen LogP contribution < -0.4 is 0 Å². The van der Waals surface area contributed by atoms with Crippen LogP contribution in [0.2, 0.25) is 0 Å². The normalized spacial score (nSPS) is 32.4. The average Bonchev–Trinajstić information content (AvgIpc) is 2.47. The summed E-state index contributed by atoms with van der Waals surface area (Å²) in [5.41, 5.74) is 0. The van der Waals surface area contributed by atoms with E-state index in [-0.39, 0.29) is 12.0 Å². The van der Waals surface area contributed by atoms with E-state index in [1.807, 2.05) is 0 Å². The van der Waals surface area contributed by atoms with Crippen molar-refractivity contribution in [3.8, 4) is 6.07 Å². The summed E-state index contributed by atoms with van der Waals surface area (Å²) >= 11 is 0. The third-order valence-corrected chi connectivity index (χ3v) is 3.19. The lowest BCUT2D eigenvalue weighted by molar-refractivity contribution is -0.0831. The van der Waals surface area contributed by atoms with Crippen molar-refractivity contribution in [1.82, 2.24) is 0 Å². The number of nitrogens with zero attached hydrogens (tertiary/aromatic N) is 1. The average molecular weight is 165 g/mol. The molecule has 66 valence electrons. The Kier molecular flexibility index (Phi) is 2.32. The Bertz CT molecular complexity index is 187. The quantitative estimate of drug-likeness (QED) is 0.627. The van der Waals surface area contributed by atoms with Crippen molar-refractivity contribution in [2.24, 2.45) is 11.8 Å². The number of hydrogen-bond acceptors (Lipinski definition) is 2. The van der Waals surface area contributed by atoms with Crippen molar-refractivity contribution in [3.63, 3.8) is 0 Å². The van der Waals surface area contributed by atoms with Gasteiger partial charge in [-0.3, -0.25) is 0 Å². The minimum absolute atomic E-state index is 0.196. The second-order valence-corrected chi connectivity index (χ2v) is 3.90. The fraction of sp³-hybridized carbons (Fsp3) is 0.900. The van der Waals surface area contributed by atoms with E-state index in [9.17, 15) is 0 Å². The molecule has 2 atom stereocenters. The standard InChI is InChI=1S/C10H15NO/c11-7-9(10-5-6-12-10)8-3-1-2-4-8/h8-10H,1-6H2. The summed E-state index contributed by atoms with van der Waals surface area (Å²) in [6, 6.07) is 2.42. The summed E-state index contributed by atoms with van der Waals surface area (Å²) in [4.78, 5) is 0. The summed E-state index contributed by atoms with van der Waals surface area (Å²) in [5.74, 6) is 0.835. The highest BCUT2D eigenvalue weighted by Crippen LogP contribution is 2.36. The highest BCUT2D eigenvalue weighted by Gasteiger charge is 2.35. The molecule has 0 N–H and O–H groups in total. The second-order valence-electron chi connectivity index (χ2n) is 3.90. The number of rotatable bonds is 2. The zero-order valence-corrected chi connectivity index (χ0v) is 7.33. The molecule has 2 heteroatoms. The van der Waals surface area contributed by atoms with Gasteiger partial charge in [-0.05, 0) is 25.2 Å². The SMILES string of the molecule is N#CC(C1CCCC1)C1CCO1. The lowest BCUT2D eigenvalue weighted by Crippen LogP contribution is -2.37. The van der Waals surface area contributed by atoms with Gasteiger partial charge in [-0.1, -0.05) is 12.8 Å². The van der Waals surface area contributed by atoms with Crippen LogP contribution in [0.1, 0.15) is 32.1 Å². The molecule has 2 nitrogen and oxygen atoms in total. The molecule has 0 aromatic carbocycles. The van der Waals surface area contributed by atoms with Crippen LogP contribution in [0.3, 0.4) is 0 Å². The Balaban J connectivity index is 1.92. The lowest BCUT2D eigenvalue weighted by atomic mass is 9.84. The highest BCUT2D eigenvalue weighted by molar-refractivity contribution is 4.97. The van der Waals surface area contributed by atoms with Crippen LogP contribution in [0.4, 0.5) is 0 Å². The molecule has 2 aliphatic rings. The molecule has 2 rings (SSSR count). The Morgan fingerprint density at radius 2 is 1.92 bits per heavy atom. The summed E-state index contributed by atoms with van der Waals surface area (Å²) in [6.45, 7) is 0.871. The minimum Gasteiger partial charge on any atom is -0.377 e. The molecule has 1 aliphatic heterocycles. The Hall–Kier alpha value is -0.550. The van der Waals surface area contributed by atoms with Crippen LogP contribution in [0.5, 0.6) is 0 Å². The lowest BCUT2D eigenvalue weighted by Gasteiger charge is -2.33. The maximum absolute atomic E-state index is 8.99. The first kappa shape index (κ1) is 8.07. The van der Waals surface area contributed by atoms with E-state index < -0.39 is 0 Å². The molecule has 0 bridgehead atoms. The molecule has 0 spiro atoms. The maximum Gasteiger partial charge on any atom is 0.0757 e. The van der Waals surface area contributed by atoms with Gasteiger partial charge in [0.1, 0.15) is 0 Å². The van der Waals surface area contributed by atoms with Crippen LogP contribution in [-0.2, 0) is 4.74 Å². The molecule has 2 fully saturated rings. The minimum atomic E-state index is 0.196. The summed E-state index contributed by atoms with van der Waals surface area (Å²) < 4.78 is 5.37. The highest BCUT2D eigenvalue weighted by atomic mass is 16.5. The van der Waals surface area contributed by atoms with E-state index >= 15 is 0 Å². The van der Waals surface area contributed by atoms with Gasteiger partial charge in [0.25, 0.3) is 0 Å². The van der Waals surface area contributed by atoms with Gasteiger partial charge in [0.2, 0.25) is 0 Å². The van der Waals surface area contributed by atoms with Crippen molar-refractivity contribution in [3.05, 3.63) is 0 Å². The van der Waals surface area contributed by atoms with Crippen molar-refractivity contribution < 1.29 is 4.74 Å². The summed E-state index contributed by atoms with van der Waals surface area (Å²) in [7, 11) is 0. The van der Waals surface area contributed by atoms with Gasteiger partial charge in [0.05, 0.1) is 18.1 Å². The monoisotopic (exact) mass is 165 g/mol. The van der Waals surface area contributed by atoms with Crippen molar-refractivity contribution in [2.75, 3.05) is 6.61 Å². The molecule has 0 aromatic rings. The molecule has 2 unspecified atom stereocenters. The topological polar surface area (TPSA) is 33.0 Å². The van der Waals surface area contributed by atoms with Crippen LogP contribution in [0, 0.1) is 23.2 Å². The van der Waals surface area contributed by atoms with E-state index in [4.69, 9.17) is 10.00 Å². The largest absolute Gasteiger partial charge is 0.377 e. The molecule has 0 aromatic heterocycles. The summed E-state index contributed by atoms with van der Waals surface area (Å²) in [6.07, 6.45) is 6.51. The van der Waals surface area contributed by atoms with Gasteiger partial charge >= 0.3 is 0 Å². The van der Waals surface area contributed by atoms with Gasteiger partial charge in [0, 0.05) is 6.61 Å². The van der Waals surface area contributed by atoms with Crippen LogP contribution in [0.15, 0.2) is 0 Å². The van der Waals surface area contributed by atoms with Gasteiger partial charge in [0.15, 0.2) is 0 Å². The first-order valence-corrected chi connectivity index (χ1v) is 4.93.